The summed E-state index contributed by atoms with van der Waals surface area (Å²) in [6.07, 6.45) is 2.38. The van der Waals surface area contributed by atoms with Gasteiger partial charge in [-0.2, -0.15) is 0 Å². The second kappa shape index (κ2) is 9.94. The van der Waals surface area contributed by atoms with Gasteiger partial charge in [0.1, 0.15) is 11.1 Å². The van der Waals surface area contributed by atoms with Crippen molar-refractivity contribution in [3.05, 3.63) is 34.3 Å². The first-order valence-corrected chi connectivity index (χ1v) is 11.0. The minimum Gasteiger partial charge on any atom is -0.464 e. The fraction of sp³-hybridized carbons (Fsp3) is 0.636. The standard InChI is InChI=1S/C22H33BrN2O4/c1-6-28-19(26)22(5,16-9-11-17(23)12-10-16)24-14-13-18-8-7-15-25(18)20(27)29-21(2,3)4/h9-12,18,24H,6-8,13-15H2,1-5H3. The molecule has 1 saturated heterocycles. The average Bonchev–Trinajstić information content (AvgIpc) is 3.09. The minimum absolute atomic E-state index is 0.105. The fourth-order valence-electron chi connectivity index (χ4n) is 3.54. The molecule has 0 radical (unpaired) electrons. The normalized spacial score (nSPS) is 19.0. The highest BCUT2D eigenvalue weighted by Crippen LogP contribution is 2.26. The van der Waals surface area contributed by atoms with Crippen LogP contribution >= 0.6 is 15.9 Å². The average molecular weight is 469 g/mol. The molecule has 2 atom stereocenters. The van der Waals surface area contributed by atoms with Gasteiger partial charge in [0.2, 0.25) is 0 Å². The Labute approximate surface area is 182 Å². The zero-order valence-corrected chi connectivity index (χ0v) is 19.7. The molecule has 2 rings (SSSR count). The molecule has 1 fully saturated rings. The number of esters is 1. The molecule has 6 nitrogen and oxygen atoms in total. The van der Waals surface area contributed by atoms with Gasteiger partial charge >= 0.3 is 12.1 Å². The Hall–Kier alpha value is -1.60. The first-order valence-electron chi connectivity index (χ1n) is 10.2. The van der Waals surface area contributed by atoms with E-state index in [1.807, 2.05) is 56.9 Å². The third-order valence-electron chi connectivity index (χ3n) is 5.07. The number of halogens is 1. The van der Waals surface area contributed by atoms with E-state index in [2.05, 4.69) is 21.2 Å². The molecule has 1 aliphatic heterocycles. The number of likely N-dealkylation sites (tertiary alicyclic amines) is 1. The van der Waals surface area contributed by atoms with Crippen LogP contribution in [0.1, 0.15) is 59.4 Å². The van der Waals surface area contributed by atoms with Gasteiger partial charge in [0.05, 0.1) is 6.61 Å². The number of benzene rings is 1. The maximum atomic E-state index is 12.7. The Morgan fingerprint density at radius 2 is 1.86 bits per heavy atom. The molecular formula is C22H33BrN2O4. The van der Waals surface area contributed by atoms with E-state index in [1.54, 1.807) is 6.92 Å². The molecule has 1 N–H and O–H groups in total. The summed E-state index contributed by atoms with van der Waals surface area (Å²) in [6, 6.07) is 7.76. The largest absolute Gasteiger partial charge is 0.464 e. The number of amides is 1. The lowest BCUT2D eigenvalue weighted by atomic mass is 9.91. The third-order valence-corrected chi connectivity index (χ3v) is 5.60. The van der Waals surface area contributed by atoms with Gasteiger partial charge in [0.15, 0.2) is 0 Å². The van der Waals surface area contributed by atoms with Gasteiger partial charge in [-0.05, 0) is 78.1 Å². The second-order valence-corrected chi connectivity index (χ2v) is 9.45. The predicted octanol–water partition coefficient (Wildman–Crippen LogP) is 4.61. The first-order chi connectivity index (χ1) is 13.6. The molecule has 0 aromatic heterocycles. The minimum atomic E-state index is -0.952. The van der Waals surface area contributed by atoms with Crippen LogP contribution in [0.5, 0.6) is 0 Å². The number of rotatable bonds is 7. The summed E-state index contributed by atoms with van der Waals surface area (Å²) >= 11 is 3.43. The van der Waals surface area contributed by atoms with Gasteiger partial charge in [-0.15, -0.1) is 0 Å². The molecule has 1 aromatic rings. The van der Waals surface area contributed by atoms with Gasteiger partial charge in [-0.3, -0.25) is 5.32 Å². The molecule has 1 heterocycles. The SMILES string of the molecule is CCOC(=O)C(C)(NCCC1CCCN1C(=O)OC(C)(C)C)c1ccc(Br)cc1. The van der Waals surface area contributed by atoms with Gasteiger partial charge in [-0.1, -0.05) is 28.1 Å². The Morgan fingerprint density at radius 3 is 2.45 bits per heavy atom. The molecule has 0 aliphatic carbocycles. The molecule has 162 valence electrons. The Balaban J connectivity index is 2.04. The van der Waals surface area contributed by atoms with Crippen LogP contribution in [0.4, 0.5) is 4.79 Å². The van der Waals surface area contributed by atoms with Gasteiger partial charge in [0, 0.05) is 17.1 Å². The van der Waals surface area contributed by atoms with Crippen LogP contribution in [0.25, 0.3) is 0 Å². The number of carbonyl (C=O) groups excluding carboxylic acids is 2. The van der Waals surface area contributed by atoms with E-state index in [4.69, 9.17) is 9.47 Å². The van der Waals surface area contributed by atoms with Crippen LogP contribution in [0.15, 0.2) is 28.7 Å². The molecule has 0 spiro atoms. The van der Waals surface area contributed by atoms with Crippen LogP contribution in [-0.4, -0.2) is 48.3 Å². The summed E-state index contributed by atoms with van der Waals surface area (Å²) in [5.74, 6) is -0.308. The predicted molar refractivity (Wildman–Crippen MR) is 117 cm³/mol. The summed E-state index contributed by atoms with van der Waals surface area (Å²) in [5.41, 5.74) is -0.618. The molecule has 1 amide bonds. The lowest BCUT2D eigenvalue weighted by Gasteiger charge is -2.31. The van der Waals surface area contributed by atoms with Crippen molar-refractivity contribution in [3.8, 4) is 0 Å². The fourth-order valence-corrected chi connectivity index (χ4v) is 3.80. The van der Waals surface area contributed by atoms with Crippen molar-refractivity contribution in [2.24, 2.45) is 0 Å². The number of hydrogen-bond acceptors (Lipinski definition) is 5. The van der Waals surface area contributed by atoms with Crippen molar-refractivity contribution >= 4 is 28.0 Å². The number of nitrogens with one attached hydrogen (secondary N) is 1. The first kappa shape index (κ1) is 23.7. The Bertz CT molecular complexity index is 702. The van der Waals surface area contributed by atoms with E-state index < -0.39 is 11.1 Å². The highest BCUT2D eigenvalue weighted by Gasteiger charge is 2.37. The maximum Gasteiger partial charge on any atom is 0.410 e. The Morgan fingerprint density at radius 1 is 1.21 bits per heavy atom. The number of nitrogens with zero attached hydrogens (tertiary/aromatic N) is 1. The number of hydrogen-bond donors (Lipinski definition) is 1. The van der Waals surface area contributed by atoms with Crippen molar-refractivity contribution in [2.75, 3.05) is 19.7 Å². The molecule has 0 saturated carbocycles. The zero-order chi connectivity index (χ0) is 21.7. The molecule has 0 bridgehead atoms. The van der Waals surface area contributed by atoms with Crippen molar-refractivity contribution in [1.82, 2.24) is 10.2 Å². The van der Waals surface area contributed by atoms with E-state index in [9.17, 15) is 9.59 Å². The van der Waals surface area contributed by atoms with E-state index in [0.717, 1.165) is 29.3 Å². The topological polar surface area (TPSA) is 67.9 Å². The molecule has 29 heavy (non-hydrogen) atoms. The number of carbonyl (C=O) groups is 2. The smallest absolute Gasteiger partial charge is 0.410 e. The zero-order valence-electron chi connectivity index (χ0n) is 18.1. The second-order valence-electron chi connectivity index (χ2n) is 8.54. The van der Waals surface area contributed by atoms with Crippen LogP contribution in [0, 0.1) is 0 Å². The van der Waals surface area contributed by atoms with E-state index in [-0.39, 0.29) is 18.1 Å². The highest BCUT2D eigenvalue weighted by molar-refractivity contribution is 9.10. The molecular weight excluding hydrogens is 436 g/mol. The van der Waals surface area contributed by atoms with Crippen molar-refractivity contribution in [3.63, 3.8) is 0 Å². The van der Waals surface area contributed by atoms with E-state index in [0.29, 0.717) is 19.7 Å². The van der Waals surface area contributed by atoms with Gasteiger partial charge in [0.25, 0.3) is 0 Å². The lowest BCUT2D eigenvalue weighted by Crippen LogP contribution is -2.49. The van der Waals surface area contributed by atoms with E-state index >= 15 is 0 Å². The monoisotopic (exact) mass is 468 g/mol. The molecule has 1 aromatic carbocycles. The quantitative estimate of drug-likeness (QED) is 0.591. The molecule has 2 unspecified atom stereocenters. The summed E-state index contributed by atoms with van der Waals surface area (Å²) in [7, 11) is 0. The van der Waals surface area contributed by atoms with Crippen molar-refractivity contribution in [2.45, 2.75) is 71.1 Å². The van der Waals surface area contributed by atoms with Crippen molar-refractivity contribution < 1.29 is 19.1 Å². The van der Waals surface area contributed by atoms with Gasteiger partial charge in [-0.25, -0.2) is 9.59 Å². The van der Waals surface area contributed by atoms with Crippen LogP contribution in [-0.2, 0) is 19.8 Å². The van der Waals surface area contributed by atoms with Crippen LogP contribution in [0.3, 0.4) is 0 Å². The van der Waals surface area contributed by atoms with Crippen LogP contribution in [0.2, 0.25) is 0 Å². The maximum absolute atomic E-state index is 12.7. The summed E-state index contributed by atoms with van der Waals surface area (Å²) in [4.78, 5) is 27.0. The summed E-state index contributed by atoms with van der Waals surface area (Å²) < 4.78 is 11.8. The molecule has 7 heteroatoms. The number of ether oxygens (including phenoxy) is 2. The third kappa shape index (κ3) is 6.44. The lowest BCUT2D eigenvalue weighted by molar-refractivity contribution is -0.151. The Kier molecular flexibility index (Phi) is 8.11. The van der Waals surface area contributed by atoms with Gasteiger partial charge < -0.3 is 14.4 Å². The van der Waals surface area contributed by atoms with Crippen LogP contribution < -0.4 is 5.32 Å². The summed E-state index contributed by atoms with van der Waals surface area (Å²) in [6.45, 7) is 10.9. The highest BCUT2D eigenvalue weighted by atomic mass is 79.9. The summed E-state index contributed by atoms with van der Waals surface area (Å²) in [5, 5.41) is 3.38. The van der Waals surface area contributed by atoms with E-state index in [1.165, 1.54) is 0 Å². The molecule has 1 aliphatic rings. The van der Waals surface area contributed by atoms with Crippen molar-refractivity contribution in [1.29, 1.82) is 0 Å².